The maximum atomic E-state index is 12.3. The monoisotopic (exact) mass is 304 g/mol. The van der Waals surface area contributed by atoms with Crippen LogP contribution in [0.5, 0.6) is 17.2 Å². The van der Waals surface area contributed by atoms with Crippen LogP contribution in [0, 0.1) is 0 Å². The van der Waals surface area contributed by atoms with E-state index in [4.69, 9.17) is 14.2 Å². The van der Waals surface area contributed by atoms with Crippen LogP contribution in [0.15, 0.2) is 35.7 Å². The molecule has 4 nitrogen and oxygen atoms in total. The van der Waals surface area contributed by atoms with E-state index < -0.39 is 0 Å². The molecule has 1 aromatic heterocycles. The Morgan fingerprint density at radius 2 is 1.81 bits per heavy atom. The van der Waals surface area contributed by atoms with Crippen LogP contribution in [-0.4, -0.2) is 27.1 Å². The molecular formula is C16H16O4S. The zero-order valence-corrected chi connectivity index (χ0v) is 12.9. The molecule has 1 aromatic carbocycles. The summed E-state index contributed by atoms with van der Waals surface area (Å²) >= 11 is 1.57. The number of carbonyl (C=O) groups excluding carboxylic acids is 1. The third-order valence-corrected chi connectivity index (χ3v) is 3.75. The summed E-state index contributed by atoms with van der Waals surface area (Å²) in [5.74, 6) is 1.15. The third kappa shape index (κ3) is 3.25. The quantitative estimate of drug-likeness (QED) is 0.603. The van der Waals surface area contributed by atoms with E-state index in [1.807, 2.05) is 17.5 Å². The number of rotatable bonds is 6. The molecule has 0 aliphatic carbocycles. The van der Waals surface area contributed by atoms with Crippen LogP contribution in [0.2, 0.25) is 0 Å². The number of thiophene rings is 1. The zero-order valence-electron chi connectivity index (χ0n) is 12.1. The molecule has 0 amide bonds. The minimum atomic E-state index is -0.152. The van der Waals surface area contributed by atoms with Gasteiger partial charge >= 0.3 is 0 Å². The van der Waals surface area contributed by atoms with E-state index in [1.54, 1.807) is 29.5 Å². The van der Waals surface area contributed by atoms with E-state index in [9.17, 15) is 4.79 Å². The second kappa shape index (κ2) is 6.95. The molecule has 5 heteroatoms. The topological polar surface area (TPSA) is 44.8 Å². The molecule has 2 rings (SSSR count). The number of allylic oxidation sites excluding steroid dienone is 1. The van der Waals surface area contributed by atoms with Crippen LogP contribution in [-0.2, 0) is 0 Å². The van der Waals surface area contributed by atoms with E-state index in [1.165, 1.54) is 27.4 Å². The smallest absolute Gasteiger partial charge is 0.204 e. The van der Waals surface area contributed by atoms with Crippen molar-refractivity contribution < 1.29 is 19.0 Å². The van der Waals surface area contributed by atoms with Crippen molar-refractivity contribution >= 4 is 23.2 Å². The molecule has 0 saturated carbocycles. The van der Waals surface area contributed by atoms with Crippen LogP contribution in [0.3, 0.4) is 0 Å². The number of carbonyl (C=O) groups is 1. The van der Waals surface area contributed by atoms with Crippen molar-refractivity contribution in [2.75, 3.05) is 21.3 Å². The SMILES string of the molecule is COc1ccc(C(=O)/C=C/c2cccs2)c(OC)c1OC. The standard InChI is InChI=1S/C16H16O4S/c1-18-14-9-7-12(15(19-2)16(14)20-3)13(17)8-6-11-5-4-10-21-11/h4-10H,1-3H3/b8-6+. The molecular weight excluding hydrogens is 288 g/mol. The van der Waals surface area contributed by atoms with E-state index in [-0.39, 0.29) is 5.78 Å². The molecule has 0 atom stereocenters. The maximum Gasteiger partial charge on any atom is 0.204 e. The molecule has 21 heavy (non-hydrogen) atoms. The normalized spacial score (nSPS) is 10.6. The highest BCUT2D eigenvalue weighted by molar-refractivity contribution is 7.10. The molecule has 0 unspecified atom stereocenters. The first-order chi connectivity index (χ1) is 10.2. The number of benzene rings is 1. The molecule has 0 saturated heterocycles. The van der Waals surface area contributed by atoms with Crippen molar-refractivity contribution in [1.82, 2.24) is 0 Å². The van der Waals surface area contributed by atoms with Gasteiger partial charge in [-0.15, -0.1) is 11.3 Å². The van der Waals surface area contributed by atoms with Gasteiger partial charge in [0, 0.05) is 4.88 Å². The van der Waals surface area contributed by atoms with E-state index in [2.05, 4.69) is 0 Å². The first kappa shape index (κ1) is 15.1. The molecule has 0 aliphatic rings. The fourth-order valence-electron chi connectivity index (χ4n) is 1.93. The first-order valence-corrected chi connectivity index (χ1v) is 7.14. The Kier molecular flexibility index (Phi) is 5.00. The summed E-state index contributed by atoms with van der Waals surface area (Å²) in [7, 11) is 4.54. The average molecular weight is 304 g/mol. The number of ketones is 1. The fourth-order valence-corrected chi connectivity index (χ4v) is 2.55. The van der Waals surface area contributed by atoms with Crippen molar-refractivity contribution in [3.63, 3.8) is 0 Å². The number of hydrogen-bond acceptors (Lipinski definition) is 5. The van der Waals surface area contributed by atoms with Crippen molar-refractivity contribution in [2.24, 2.45) is 0 Å². The number of ether oxygens (including phenoxy) is 3. The van der Waals surface area contributed by atoms with Gasteiger partial charge < -0.3 is 14.2 Å². The van der Waals surface area contributed by atoms with Gasteiger partial charge in [0.25, 0.3) is 0 Å². The molecule has 0 radical (unpaired) electrons. The van der Waals surface area contributed by atoms with Crippen molar-refractivity contribution in [2.45, 2.75) is 0 Å². The van der Waals surface area contributed by atoms with Crippen LogP contribution in [0.4, 0.5) is 0 Å². The van der Waals surface area contributed by atoms with Gasteiger partial charge in [0.15, 0.2) is 17.3 Å². The van der Waals surface area contributed by atoms with Crippen molar-refractivity contribution in [3.05, 3.63) is 46.2 Å². The summed E-state index contributed by atoms with van der Waals surface area (Å²) in [6.45, 7) is 0. The summed E-state index contributed by atoms with van der Waals surface area (Å²) in [4.78, 5) is 13.3. The summed E-state index contributed by atoms with van der Waals surface area (Å²) < 4.78 is 15.8. The Morgan fingerprint density at radius 3 is 2.38 bits per heavy atom. The Balaban J connectivity index is 2.36. The van der Waals surface area contributed by atoms with Gasteiger partial charge in [-0.3, -0.25) is 4.79 Å². The van der Waals surface area contributed by atoms with Gasteiger partial charge in [-0.05, 0) is 35.7 Å². The minimum Gasteiger partial charge on any atom is -0.493 e. The fraction of sp³-hybridized carbons (Fsp3) is 0.188. The lowest BCUT2D eigenvalue weighted by atomic mass is 10.1. The first-order valence-electron chi connectivity index (χ1n) is 6.26. The summed E-state index contributed by atoms with van der Waals surface area (Å²) in [6, 6.07) is 7.24. The van der Waals surface area contributed by atoms with Gasteiger partial charge in [0.2, 0.25) is 5.75 Å². The molecule has 0 spiro atoms. The predicted molar refractivity (Wildman–Crippen MR) is 83.8 cm³/mol. The molecule has 0 aliphatic heterocycles. The molecule has 0 fully saturated rings. The zero-order chi connectivity index (χ0) is 15.2. The highest BCUT2D eigenvalue weighted by atomic mass is 32.1. The van der Waals surface area contributed by atoms with Crippen LogP contribution in [0.25, 0.3) is 6.08 Å². The Bertz CT molecular complexity index is 645. The van der Waals surface area contributed by atoms with E-state index in [0.29, 0.717) is 22.8 Å². The van der Waals surface area contributed by atoms with Crippen molar-refractivity contribution in [1.29, 1.82) is 0 Å². The molecule has 1 heterocycles. The van der Waals surface area contributed by atoms with Crippen molar-refractivity contribution in [3.8, 4) is 17.2 Å². The second-order valence-corrected chi connectivity index (χ2v) is 5.07. The van der Waals surface area contributed by atoms with Gasteiger partial charge in [-0.25, -0.2) is 0 Å². The molecule has 2 aromatic rings. The number of hydrogen-bond donors (Lipinski definition) is 0. The third-order valence-electron chi connectivity index (χ3n) is 2.91. The molecule has 0 N–H and O–H groups in total. The van der Waals surface area contributed by atoms with E-state index >= 15 is 0 Å². The van der Waals surface area contributed by atoms with Gasteiger partial charge in [0.1, 0.15) is 0 Å². The molecule has 110 valence electrons. The van der Waals surface area contributed by atoms with Crippen LogP contribution >= 0.6 is 11.3 Å². The number of methoxy groups -OCH3 is 3. The van der Waals surface area contributed by atoms with Gasteiger partial charge in [0.05, 0.1) is 26.9 Å². The average Bonchev–Trinajstić information content (AvgIpc) is 3.04. The lowest BCUT2D eigenvalue weighted by Crippen LogP contribution is -2.02. The van der Waals surface area contributed by atoms with Gasteiger partial charge in [-0.1, -0.05) is 6.07 Å². The van der Waals surface area contributed by atoms with E-state index in [0.717, 1.165) is 4.88 Å². The maximum absolute atomic E-state index is 12.3. The minimum absolute atomic E-state index is 0.152. The predicted octanol–water partition coefficient (Wildman–Crippen LogP) is 3.67. The van der Waals surface area contributed by atoms with Crippen LogP contribution < -0.4 is 14.2 Å². The summed E-state index contributed by atoms with van der Waals surface area (Å²) in [5, 5.41) is 1.96. The highest BCUT2D eigenvalue weighted by Gasteiger charge is 2.19. The Hall–Kier alpha value is -2.27. The Labute approximate surface area is 127 Å². The highest BCUT2D eigenvalue weighted by Crippen LogP contribution is 2.40. The largest absolute Gasteiger partial charge is 0.493 e. The lowest BCUT2D eigenvalue weighted by Gasteiger charge is -2.14. The van der Waals surface area contributed by atoms with Crippen LogP contribution in [0.1, 0.15) is 15.2 Å². The molecule has 0 bridgehead atoms. The van der Waals surface area contributed by atoms with Gasteiger partial charge in [-0.2, -0.15) is 0 Å². The summed E-state index contributed by atoms with van der Waals surface area (Å²) in [6.07, 6.45) is 3.30. The second-order valence-electron chi connectivity index (χ2n) is 4.09. The lowest BCUT2D eigenvalue weighted by molar-refractivity contribution is 0.104. The Morgan fingerprint density at radius 1 is 1.05 bits per heavy atom. The summed E-state index contributed by atoms with van der Waals surface area (Å²) in [5.41, 5.74) is 0.433.